The molecule has 0 amide bonds. The molecule has 1 aliphatic rings. The maximum absolute atomic E-state index is 13.8. The summed E-state index contributed by atoms with van der Waals surface area (Å²) in [7, 11) is 0. The van der Waals surface area contributed by atoms with Crippen LogP contribution < -0.4 is 0 Å². The molecule has 2 heteroatoms. The molecule has 14 heavy (non-hydrogen) atoms. The Labute approximate surface area is 82.9 Å². The molecular weight excluding hydrogens is 182 g/mol. The van der Waals surface area contributed by atoms with Crippen LogP contribution >= 0.6 is 0 Å². The zero-order valence-electron chi connectivity index (χ0n) is 8.53. The summed E-state index contributed by atoms with van der Waals surface area (Å²) < 4.78 is 27.4. The van der Waals surface area contributed by atoms with Crippen LogP contribution in [-0.4, -0.2) is 0 Å². The number of fused-ring (bicyclic) bond motifs is 1. The molecule has 1 aliphatic carbocycles. The Hall–Kier alpha value is -0.920. The largest absolute Gasteiger partial charge is 0.207 e. The fourth-order valence-corrected chi connectivity index (χ4v) is 2.20. The molecule has 0 heterocycles. The lowest BCUT2D eigenvalue weighted by molar-refractivity contribution is 0.534. The smallest absolute Gasteiger partial charge is 0.133 e. The lowest BCUT2D eigenvalue weighted by Crippen LogP contribution is -2.02. The molecule has 0 saturated heterocycles. The highest BCUT2D eigenvalue weighted by atomic mass is 19.1. The van der Waals surface area contributed by atoms with E-state index in [9.17, 15) is 8.78 Å². The van der Waals surface area contributed by atoms with Gasteiger partial charge in [0.2, 0.25) is 0 Å². The highest BCUT2D eigenvalue weighted by Crippen LogP contribution is 2.32. The number of rotatable bonds is 1. The predicted molar refractivity (Wildman–Crippen MR) is 52.5 cm³/mol. The Kier molecular flexibility index (Phi) is 2.30. The maximum atomic E-state index is 13.8. The van der Waals surface area contributed by atoms with Gasteiger partial charge >= 0.3 is 0 Å². The summed E-state index contributed by atoms with van der Waals surface area (Å²) in [6.45, 7) is 3.64. The first-order chi connectivity index (χ1) is 6.61. The number of benzene rings is 1. The quantitative estimate of drug-likeness (QED) is 0.644. The van der Waals surface area contributed by atoms with Crippen LogP contribution in [0.1, 0.15) is 42.9 Å². The molecule has 0 N–H and O–H groups in total. The van der Waals surface area contributed by atoms with Crippen molar-refractivity contribution in [3.8, 4) is 0 Å². The van der Waals surface area contributed by atoms with Gasteiger partial charge in [-0.05, 0) is 42.4 Å². The van der Waals surface area contributed by atoms with Gasteiger partial charge in [0.1, 0.15) is 11.6 Å². The van der Waals surface area contributed by atoms with Crippen molar-refractivity contribution in [1.82, 2.24) is 0 Å². The Morgan fingerprint density at radius 3 is 2.57 bits per heavy atom. The number of hydrogen-bond acceptors (Lipinski definition) is 0. The van der Waals surface area contributed by atoms with E-state index >= 15 is 0 Å². The first kappa shape index (κ1) is 9.63. The van der Waals surface area contributed by atoms with E-state index in [1.807, 2.05) is 13.8 Å². The van der Waals surface area contributed by atoms with Crippen LogP contribution in [0.3, 0.4) is 0 Å². The van der Waals surface area contributed by atoms with Gasteiger partial charge in [0, 0.05) is 5.56 Å². The molecule has 0 radical (unpaired) electrons. The minimum absolute atomic E-state index is 0.0825. The van der Waals surface area contributed by atoms with Crippen LogP contribution in [0.15, 0.2) is 6.07 Å². The van der Waals surface area contributed by atoms with E-state index in [1.165, 1.54) is 6.07 Å². The molecule has 0 aromatic heterocycles. The molecular formula is C12H14F2. The number of halogens is 2. The fourth-order valence-electron chi connectivity index (χ4n) is 2.20. The zero-order valence-corrected chi connectivity index (χ0v) is 8.53. The van der Waals surface area contributed by atoms with E-state index in [0.717, 1.165) is 30.4 Å². The van der Waals surface area contributed by atoms with E-state index in [1.54, 1.807) is 0 Å². The summed E-state index contributed by atoms with van der Waals surface area (Å²) in [6, 6.07) is 1.51. The molecule has 1 aromatic rings. The van der Waals surface area contributed by atoms with Crippen LogP contribution in [0.5, 0.6) is 0 Å². The van der Waals surface area contributed by atoms with E-state index < -0.39 is 0 Å². The zero-order chi connectivity index (χ0) is 10.3. The van der Waals surface area contributed by atoms with Crippen LogP contribution in [-0.2, 0) is 12.8 Å². The SMILES string of the molecule is CC(C)c1c(F)cc2c(c1F)CCC2. The first-order valence-electron chi connectivity index (χ1n) is 5.11. The Balaban J connectivity index is 2.62. The molecule has 0 atom stereocenters. The molecule has 0 saturated carbocycles. The van der Waals surface area contributed by atoms with Crippen molar-refractivity contribution in [2.24, 2.45) is 0 Å². The Morgan fingerprint density at radius 1 is 1.21 bits per heavy atom. The van der Waals surface area contributed by atoms with Crippen molar-refractivity contribution >= 4 is 0 Å². The Bertz CT molecular complexity index is 367. The average Bonchev–Trinajstić information content (AvgIpc) is 2.50. The minimum atomic E-state index is -0.377. The lowest BCUT2D eigenvalue weighted by atomic mass is 9.97. The molecule has 0 spiro atoms. The predicted octanol–water partition coefficient (Wildman–Crippen LogP) is 3.58. The van der Waals surface area contributed by atoms with Crippen molar-refractivity contribution in [2.45, 2.75) is 39.0 Å². The van der Waals surface area contributed by atoms with Gasteiger partial charge in [-0.2, -0.15) is 0 Å². The third-order valence-electron chi connectivity index (χ3n) is 2.90. The number of hydrogen-bond donors (Lipinski definition) is 0. The van der Waals surface area contributed by atoms with E-state index in [0.29, 0.717) is 0 Å². The van der Waals surface area contributed by atoms with Gasteiger partial charge in [0.15, 0.2) is 0 Å². The summed E-state index contributed by atoms with van der Waals surface area (Å²) in [5, 5.41) is 0. The minimum Gasteiger partial charge on any atom is -0.207 e. The standard InChI is InChI=1S/C12H14F2/c1-7(2)11-10(13)6-8-4-3-5-9(8)12(11)14/h6-7H,3-5H2,1-2H3. The first-order valence-corrected chi connectivity index (χ1v) is 5.11. The molecule has 0 fully saturated rings. The number of aryl methyl sites for hydroxylation is 1. The van der Waals surface area contributed by atoms with Crippen LogP contribution in [0.25, 0.3) is 0 Å². The highest BCUT2D eigenvalue weighted by Gasteiger charge is 2.22. The van der Waals surface area contributed by atoms with Crippen molar-refractivity contribution in [3.63, 3.8) is 0 Å². The molecule has 1 aromatic carbocycles. The molecule has 0 nitrogen and oxygen atoms in total. The summed E-state index contributed by atoms with van der Waals surface area (Å²) in [5.74, 6) is -0.758. The van der Waals surface area contributed by atoms with Crippen molar-refractivity contribution < 1.29 is 8.78 Å². The van der Waals surface area contributed by atoms with E-state index in [-0.39, 0.29) is 23.1 Å². The third kappa shape index (κ3) is 1.33. The summed E-state index contributed by atoms with van der Waals surface area (Å²) in [4.78, 5) is 0. The van der Waals surface area contributed by atoms with E-state index in [4.69, 9.17) is 0 Å². The highest BCUT2D eigenvalue weighted by molar-refractivity contribution is 5.39. The normalized spacial score (nSPS) is 14.9. The molecule has 0 bridgehead atoms. The second kappa shape index (κ2) is 3.34. The van der Waals surface area contributed by atoms with Gasteiger partial charge in [-0.15, -0.1) is 0 Å². The van der Waals surface area contributed by atoms with Crippen molar-refractivity contribution in [3.05, 3.63) is 34.4 Å². The van der Waals surface area contributed by atoms with Crippen LogP contribution in [0, 0.1) is 11.6 Å². The monoisotopic (exact) mass is 196 g/mol. The Morgan fingerprint density at radius 2 is 1.93 bits per heavy atom. The van der Waals surface area contributed by atoms with Gasteiger partial charge < -0.3 is 0 Å². The average molecular weight is 196 g/mol. The van der Waals surface area contributed by atoms with E-state index in [2.05, 4.69) is 0 Å². The molecule has 76 valence electrons. The summed E-state index contributed by atoms with van der Waals surface area (Å²) in [5.41, 5.74) is 1.87. The topological polar surface area (TPSA) is 0 Å². The summed E-state index contributed by atoms with van der Waals surface area (Å²) >= 11 is 0. The van der Waals surface area contributed by atoms with Crippen molar-refractivity contribution in [2.75, 3.05) is 0 Å². The molecule has 0 unspecified atom stereocenters. The van der Waals surface area contributed by atoms with Crippen LogP contribution in [0.4, 0.5) is 8.78 Å². The molecule has 2 rings (SSSR count). The van der Waals surface area contributed by atoms with Gasteiger partial charge in [-0.3, -0.25) is 0 Å². The van der Waals surface area contributed by atoms with Gasteiger partial charge in [0.05, 0.1) is 0 Å². The lowest BCUT2D eigenvalue weighted by Gasteiger charge is -2.12. The van der Waals surface area contributed by atoms with Crippen molar-refractivity contribution in [1.29, 1.82) is 0 Å². The van der Waals surface area contributed by atoms with Gasteiger partial charge in [-0.25, -0.2) is 8.78 Å². The van der Waals surface area contributed by atoms with Gasteiger partial charge in [0.25, 0.3) is 0 Å². The van der Waals surface area contributed by atoms with Crippen LogP contribution in [0.2, 0.25) is 0 Å². The second-order valence-corrected chi connectivity index (χ2v) is 4.23. The fraction of sp³-hybridized carbons (Fsp3) is 0.500. The van der Waals surface area contributed by atoms with Gasteiger partial charge in [-0.1, -0.05) is 13.8 Å². The third-order valence-corrected chi connectivity index (χ3v) is 2.90. The second-order valence-electron chi connectivity index (χ2n) is 4.23. The molecule has 0 aliphatic heterocycles. The maximum Gasteiger partial charge on any atom is 0.133 e. The summed E-state index contributed by atoms with van der Waals surface area (Å²) in [6.07, 6.45) is 2.54.